The Labute approximate surface area is 122 Å². The molecule has 1 aromatic carbocycles. The second kappa shape index (κ2) is 6.47. The Morgan fingerprint density at radius 1 is 1.45 bits per heavy atom. The molecule has 0 radical (unpaired) electrons. The van der Waals surface area contributed by atoms with Gasteiger partial charge in [0.25, 0.3) is 5.91 Å². The van der Waals surface area contributed by atoms with E-state index in [2.05, 4.69) is 5.10 Å². The lowest BCUT2D eigenvalue weighted by molar-refractivity contribution is 0.0797. The molecule has 5 nitrogen and oxygen atoms in total. The molecule has 2 rings (SSSR count). The molecule has 0 aliphatic heterocycles. The average Bonchev–Trinajstić information content (AvgIpc) is 2.93. The molecule has 6 heteroatoms. The lowest BCUT2D eigenvalue weighted by Crippen LogP contribution is -2.29. The van der Waals surface area contributed by atoms with Gasteiger partial charge in [-0.25, -0.2) is 4.68 Å². The van der Waals surface area contributed by atoms with E-state index in [0.29, 0.717) is 17.9 Å². The number of amides is 1. The molecular formula is C14H18N4OS. The topological polar surface area (TPSA) is 64.2 Å². The number of carbonyl (C=O) groups is 1. The van der Waals surface area contributed by atoms with Crippen molar-refractivity contribution in [2.24, 2.45) is 0 Å². The normalized spacial score (nSPS) is 10.5. The third-order valence-corrected chi connectivity index (χ3v) is 3.51. The van der Waals surface area contributed by atoms with Crippen molar-refractivity contribution in [3.05, 3.63) is 42.2 Å². The van der Waals surface area contributed by atoms with Crippen molar-refractivity contribution < 1.29 is 4.79 Å². The minimum Gasteiger partial charge on any atom is -0.399 e. The molecule has 1 heterocycles. The summed E-state index contributed by atoms with van der Waals surface area (Å²) in [6.07, 6.45) is 3.79. The average molecular weight is 290 g/mol. The number of rotatable bonds is 5. The minimum atomic E-state index is -0.0679. The lowest BCUT2D eigenvalue weighted by atomic mass is 10.3. The van der Waals surface area contributed by atoms with Crippen LogP contribution in [0.4, 0.5) is 5.69 Å². The van der Waals surface area contributed by atoms with E-state index in [1.54, 1.807) is 40.7 Å². The molecule has 0 bridgehead atoms. The van der Waals surface area contributed by atoms with Crippen LogP contribution in [-0.2, 0) is 0 Å². The monoisotopic (exact) mass is 290 g/mol. The first-order valence-electron chi connectivity index (χ1n) is 6.28. The highest BCUT2D eigenvalue weighted by Crippen LogP contribution is 2.12. The number of nitrogens with two attached hydrogens (primary N) is 1. The van der Waals surface area contributed by atoms with Gasteiger partial charge in [-0.1, -0.05) is 6.07 Å². The summed E-state index contributed by atoms with van der Waals surface area (Å²) in [6, 6.07) is 9.11. The van der Waals surface area contributed by atoms with Gasteiger partial charge in [0.15, 0.2) is 5.69 Å². The molecule has 0 aliphatic carbocycles. The fourth-order valence-electron chi connectivity index (χ4n) is 1.77. The first-order valence-corrected chi connectivity index (χ1v) is 7.67. The minimum absolute atomic E-state index is 0.0679. The van der Waals surface area contributed by atoms with E-state index in [0.717, 1.165) is 11.4 Å². The van der Waals surface area contributed by atoms with Gasteiger partial charge in [-0.05, 0) is 30.5 Å². The van der Waals surface area contributed by atoms with Crippen LogP contribution in [0.15, 0.2) is 36.5 Å². The van der Waals surface area contributed by atoms with Crippen LogP contribution >= 0.6 is 11.8 Å². The first-order chi connectivity index (χ1) is 9.61. The maximum Gasteiger partial charge on any atom is 0.274 e. The van der Waals surface area contributed by atoms with Gasteiger partial charge in [0.1, 0.15) is 0 Å². The maximum absolute atomic E-state index is 12.2. The van der Waals surface area contributed by atoms with E-state index in [9.17, 15) is 4.79 Å². The van der Waals surface area contributed by atoms with Crippen LogP contribution in [0.5, 0.6) is 0 Å². The van der Waals surface area contributed by atoms with Crippen LogP contribution in [0.1, 0.15) is 10.5 Å². The third-order valence-electron chi connectivity index (χ3n) is 2.92. The van der Waals surface area contributed by atoms with Crippen LogP contribution in [0, 0.1) is 0 Å². The van der Waals surface area contributed by atoms with Gasteiger partial charge in [0.2, 0.25) is 0 Å². The Hall–Kier alpha value is -1.95. The molecule has 1 aromatic heterocycles. The smallest absolute Gasteiger partial charge is 0.274 e. The van der Waals surface area contributed by atoms with Crippen molar-refractivity contribution in [2.45, 2.75) is 0 Å². The highest BCUT2D eigenvalue weighted by Gasteiger charge is 2.14. The van der Waals surface area contributed by atoms with Crippen molar-refractivity contribution in [3.63, 3.8) is 0 Å². The molecule has 0 saturated heterocycles. The van der Waals surface area contributed by atoms with Gasteiger partial charge in [0, 0.05) is 31.2 Å². The summed E-state index contributed by atoms with van der Waals surface area (Å²) in [6.45, 7) is 0.713. The van der Waals surface area contributed by atoms with Crippen LogP contribution in [0.25, 0.3) is 5.69 Å². The molecular weight excluding hydrogens is 272 g/mol. The summed E-state index contributed by atoms with van der Waals surface area (Å²) in [5, 5.41) is 4.31. The van der Waals surface area contributed by atoms with Crippen molar-refractivity contribution in [1.29, 1.82) is 0 Å². The van der Waals surface area contributed by atoms with Gasteiger partial charge >= 0.3 is 0 Å². The first kappa shape index (κ1) is 14.5. The summed E-state index contributed by atoms with van der Waals surface area (Å²) < 4.78 is 1.66. The van der Waals surface area contributed by atoms with Gasteiger partial charge in [-0.3, -0.25) is 4.79 Å². The standard InChI is InChI=1S/C14H18N4OS/c1-17(8-9-20-2)14(19)13-6-7-18(16-13)12-5-3-4-11(15)10-12/h3-7,10H,8-9,15H2,1-2H3. The predicted octanol–water partition coefficient (Wildman–Crippen LogP) is 1.89. The van der Waals surface area contributed by atoms with E-state index < -0.39 is 0 Å². The molecule has 1 amide bonds. The quantitative estimate of drug-likeness (QED) is 0.854. The Morgan fingerprint density at radius 3 is 2.95 bits per heavy atom. The van der Waals surface area contributed by atoms with E-state index >= 15 is 0 Å². The summed E-state index contributed by atoms with van der Waals surface area (Å²) >= 11 is 1.71. The van der Waals surface area contributed by atoms with Crippen LogP contribution in [0.3, 0.4) is 0 Å². The van der Waals surface area contributed by atoms with Gasteiger partial charge in [0.05, 0.1) is 5.69 Å². The van der Waals surface area contributed by atoms with E-state index in [-0.39, 0.29) is 5.91 Å². The number of thioether (sulfide) groups is 1. The molecule has 0 unspecified atom stereocenters. The molecule has 0 fully saturated rings. The third kappa shape index (κ3) is 3.33. The van der Waals surface area contributed by atoms with Gasteiger partial charge in [-0.15, -0.1) is 0 Å². The molecule has 0 aliphatic rings. The number of nitrogen functional groups attached to an aromatic ring is 1. The van der Waals surface area contributed by atoms with Crippen molar-refractivity contribution >= 4 is 23.4 Å². The highest BCUT2D eigenvalue weighted by atomic mass is 32.2. The number of hydrogen-bond donors (Lipinski definition) is 1. The number of nitrogens with zero attached hydrogens (tertiary/aromatic N) is 3. The van der Waals surface area contributed by atoms with Crippen LogP contribution in [0.2, 0.25) is 0 Å². The fourth-order valence-corrected chi connectivity index (χ4v) is 2.23. The Balaban J connectivity index is 2.14. The molecule has 0 atom stereocenters. The second-order valence-corrected chi connectivity index (χ2v) is 5.45. The zero-order chi connectivity index (χ0) is 14.5. The number of hydrogen-bond acceptors (Lipinski definition) is 4. The summed E-state index contributed by atoms with van der Waals surface area (Å²) in [4.78, 5) is 13.9. The van der Waals surface area contributed by atoms with E-state index in [1.807, 2.05) is 30.5 Å². The number of aromatic nitrogens is 2. The summed E-state index contributed by atoms with van der Waals surface area (Å²) in [7, 11) is 1.79. The fraction of sp³-hybridized carbons (Fsp3) is 0.286. The second-order valence-electron chi connectivity index (χ2n) is 4.46. The van der Waals surface area contributed by atoms with Gasteiger partial charge in [-0.2, -0.15) is 16.9 Å². The largest absolute Gasteiger partial charge is 0.399 e. The van der Waals surface area contributed by atoms with Gasteiger partial charge < -0.3 is 10.6 Å². The SMILES string of the molecule is CSCCN(C)C(=O)c1ccn(-c2cccc(N)c2)n1. The maximum atomic E-state index is 12.2. The van der Waals surface area contributed by atoms with Crippen LogP contribution in [-0.4, -0.2) is 46.2 Å². The summed E-state index contributed by atoms with van der Waals surface area (Å²) in [5.41, 5.74) is 7.70. The van der Waals surface area contributed by atoms with Crippen molar-refractivity contribution in [1.82, 2.24) is 14.7 Å². The molecule has 106 valence electrons. The summed E-state index contributed by atoms with van der Waals surface area (Å²) in [5.74, 6) is 0.847. The predicted molar refractivity (Wildman–Crippen MR) is 83.3 cm³/mol. The molecule has 2 aromatic rings. The Morgan fingerprint density at radius 2 is 2.25 bits per heavy atom. The van der Waals surface area contributed by atoms with Crippen molar-refractivity contribution in [3.8, 4) is 5.69 Å². The zero-order valence-corrected chi connectivity index (χ0v) is 12.4. The number of benzene rings is 1. The molecule has 2 N–H and O–H groups in total. The Bertz CT molecular complexity index is 596. The Kier molecular flexibility index (Phi) is 4.68. The van der Waals surface area contributed by atoms with E-state index in [4.69, 9.17) is 5.73 Å². The highest BCUT2D eigenvalue weighted by molar-refractivity contribution is 7.98. The van der Waals surface area contributed by atoms with Crippen LogP contribution < -0.4 is 5.73 Å². The number of anilines is 1. The molecule has 0 saturated carbocycles. The number of carbonyl (C=O) groups excluding carboxylic acids is 1. The molecule has 20 heavy (non-hydrogen) atoms. The van der Waals surface area contributed by atoms with Crippen molar-refractivity contribution in [2.75, 3.05) is 31.3 Å². The van der Waals surface area contributed by atoms with E-state index in [1.165, 1.54) is 0 Å². The lowest BCUT2D eigenvalue weighted by Gasteiger charge is -2.14. The zero-order valence-electron chi connectivity index (χ0n) is 11.6. The molecule has 0 spiro atoms.